The zero-order valence-corrected chi connectivity index (χ0v) is 10.9. The molecule has 6 nitrogen and oxygen atoms in total. The third-order valence-electron chi connectivity index (χ3n) is 2.67. The summed E-state index contributed by atoms with van der Waals surface area (Å²) in [6, 6.07) is 0. The van der Waals surface area contributed by atoms with Gasteiger partial charge in [-0.25, -0.2) is 0 Å². The van der Waals surface area contributed by atoms with E-state index in [1.165, 1.54) is 0 Å². The molecule has 1 aliphatic rings. The first-order valence-electron chi connectivity index (χ1n) is 5.83. The summed E-state index contributed by atoms with van der Waals surface area (Å²) < 4.78 is 13.1. The number of likely N-dealkylation sites (N-methyl/N-ethyl adjacent to an activating group) is 1. The summed E-state index contributed by atoms with van der Waals surface area (Å²) in [4.78, 5) is 2.11. The molecule has 2 heterocycles. The van der Waals surface area contributed by atoms with Gasteiger partial charge in [0.05, 0.1) is 19.3 Å². The maximum absolute atomic E-state index is 5.73. The topological polar surface area (TPSA) is 52.4 Å². The van der Waals surface area contributed by atoms with Gasteiger partial charge >= 0.3 is 0 Å². The van der Waals surface area contributed by atoms with Crippen LogP contribution in [0.1, 0.15) is 25.6 Å². The van der Waals surface area contributed by atoms with Gasteiger partial charge in [0.2, 0.25) is 0 Å². The monoisotopic (exact) mass is 240 g/mol. The molecule has 2 rings (SSSR count). The van der Waals surface area contributed by atoms with E-state index in [0.717, 1.165) is 18.8 Å². The van der Waals surface area contributed by atoms with Gasteiger partial charge in [0.25, 0.3) is 0 Å². The van der Waals surface area contributed by atoms with Gasteiger partial charge in [-0.15, -0.1) is 5.10 Å². The first-order chi connectivity index (χ1) is 7.96. The van der Waals surface area contributed by atoms with E-state index in [2.05, 4.69) is 15.2 Å². The number of ether oxygens (including phenoxy) is 2. The van der Waals surface area contributed by atoms with Gasteiger partial charge in [0.1, 0.15) is 11.8 Å². The largest absolute Gasteiger partial charge is 0.347 e. The van der Waals surface area contributed by atoms with E-state index in [1.54, 1.807) is 0 Å². The Morgan fingerprint density at radius 2 is 2.29 bits per heavy atom. The minimum Gasteiger partial charge on any atom is -0.347 e. The second-order valence-corrected chi connectivity index (χ2v) is 5.03. The minimum absolute atomic E-state index is 0.0990. The maximum atomic E-state index is 5.73. The number of aromatic nitrogens is 3. The van der Waals surface area contributed by atoms with Crippen molar-refractivity contribution in [3.05, 3.63) is 11.9 Å². The molecule has 96 valence electrons. The zero-order chi connectivity index (χ0) is 12.5. The van der Waals surface area contributed by atoms with Crippen LogP contribution in [0.5, 0.6) is 0 Å². The third kappa shape index (κ3) is 3.24. The predicted molar refractivity (Wildman–Crippen MR) is 62.4 cm³/mol. The molecule has 1 aliphatic heterocycles. The van der Waals surface area contributed by atoms with Crippen LogP contribution in [0, 0.1) is 0 Å². The average Bonchev–Trinajstić information content (AvgIpc) is 2.81. The number of rotatable bonds is 4. The quantitative estimate of drug-likeness (QED) is 0.774. The molecule has 1 unspecified atom stereocenters. The van der Waals surface area contributed by atoms with E-state index in [0.29, 0.717) is 6.61 Å². The lowest BCUT2D eigenvalue weighted by Gasteiger charge is -2.15. The highest BCUT2D eigenvalue weighted by atomic mass is 16.7. The van der Waals surface area contributed by atoms with Crippen LogP contribution in [0.3, 0.4) is 0 Å². The number of nitrogens with zero attached hydrogens (tertiary/aromatic N) is 4. The summed E-state index contributed by atoms with van der Waals surface area (Å²) in [5.74, 6) is -0.516. The Morgan fingerprint density at radius 1 is 1.53 bits per heavy atom. The molecule has 0 radical (unpaired) electrons. The van der Waals surface area contributed by atoms with Crippen molar-refractivity contribution in [1.82, 2.24) is 19.9 Å². The second kappa shape index (κ2) is 4.72. The summed E-state index contributed by atoms with van der Waals surface area (Å²) in [5.41, 5.74) is 0.842. The molecular weight excluding hydrogens is 220 g/mol. The van der Waals surface area contributed by atoms with Gasteiger partial charge in [0.15, 0.2) is 5.79 Å². The Balaban J connectivity index is 1.94. The minimum atomic E-state index is -0.516. The fourth-order valence-corrected chi connectivity index (χ4v) is 1.71. The van der Waals surface area contributed by atoms with Crippen LogP contribution in [0.25, 0.3) is 0 Å². The summed E-state index contributed by atoms with van der Waals surface area (Å²) in [6.07, 6.45) is 1.83. The molecule has 0 aliphatic carbocycles. The van der Waals surface area contributed by atoms with Crippen molar-refractivity contribution in [2.75, 3.05) is 27.2 Å². The maximum Gasteiger partial charge on any atom is 0.163 e. The molecular formula is C11H20N4O2. The van der Waals surface area contributed by atoms with Gasteiger partial charge in [-0.1, -0.05) is 5.21 Å². The molecule has 0 bridgehead atoms. The fraction of sp³-hybridized carbons (Fsp3) is 0.818. The Bertz CT molecular complexity index is 375. The molecule has 1 aromatic rings. The van der Waals surface area contributed by atoms with Crippen molar-refractivity contribution in [2.24, 2.45) is 0 Å². The lowest BCUT2D eigenvalue weighted by molar-refractivity contribution is -0.139. The van der Waals surface area contributed by atoms with Crippen LogP contribution in [-0.4, -0.2) is 52.9 Å². The first-order valence-corrected chi connectivity index (χ1v) is 5.83. The van der Waals surface area contributed by atoms with Crippen LogP contribution in [0.2, 0.25) is 0 Å². The number of hydrogen-bond donors (Lipinski definition) is 0. The molecule has 1 aromatic heterocycles. The highest BCUT2D eigenvalue weighted by molar-refractivity contribution is 5.00. The Kier molecular flexibility index (Phi) is 3.46. The molecule has 1 fully saturated rings. The Morgan fingerprint density at radius 3 is 2.88 bits per heavy atom. The molecule has 0 amide bonds. The van der Waals surface area contributed by atoms with Gasteiger partial charge in [-0.2, -0.15) is 0 Å². The molecule has 1 saturated heterocycles. The van der Waals surface area contributed by atoms with Gasteiger partial charge in [-0.05, 0) is 27.9 Å². The van der Waals surface area contributed by atoms with Crippen molar-refractivity contribution in [3.8, 4) is 0 Å². The number of hydrogen-bond acceptors (Lipinski definition) is 5. The van der Waals surface area contributed by atoms with E-state index in [-0.39, 0.29) is 6.10 Å². The normalized spacial score (nSPS) is 23.5. The lowest BCUT2D eigenvalue weighted by Crippen LogP contribution is -2.19. The zero-order valence-electron chi connectivity index (χ0n) is 10.9. The lowest BCUT2D eigenvalue weighted by atomic mass is 10.3. The van der Waals surface area contributed by atoms with E-state index >= 15 is 0 Å². The molecule has 0 N–H and O–H groups in total. The van der Waals surface area contributed by atoms with Gasteiger partial charge < -0.3 is 14.4 Å². The molecule has 1 atom stereocenters. The summed E-state index contributed by atoms with van der Waals surface area (Å²) in [6.45, 7) is 6.12. The van der Waals surface area contributed by atoms with Gasteiger partial charge in [0, 0.05) is 6.54 Å². The highest BCUT2D eigenvalue weighted by Crippen LogP contribution is 2.31. The highest BCUT2D eigenvalue weighted by Gasteiger charge is 2.35. The van der Waals surface area contributed by atoms with Crippen molar-refractivity contribution >= 4 is 0 Å². The van der Waals surface area contributed by atoms with E-state index in [9.17, 15) is 0 Å². The van der Waals surface area contributed by atoms with Crippen molar-refractivity contribution in [1.29, 1.82) is 0 Å². The van der Waals surface area contributed by atoms with Gasteiger partial charge in [-0.3, -0.25) is 4.68 Å². The Labute approximate surface area is 101 Å². The van der Waals surface area contributed by atoms with Crippen LogP contribution in [0.15, 0.2) is 6.20 Å². The summed E-state index contributed by atoms with van der Waals surface area (Å²) in [7, 11) is 4.07. The third-order valence-corrected chi connectivity index (χ3v) is 2.67. The van der Waals surface area contributed by atoms with Crippen LogP contribution in [0.4, 0.5) is 0 Å². The molecule has 0 aromatic carbocycles. The predicted octanol–water partition coefficient (Wildman–Crippen LogP) is 0.664. The van der Waals surface area contributed by atoms with Crippen molar-refractivity contribution in [2.45, 2.75) is 32.3 Å². The molecule has 0 spiro atoms. The van der Waals surface area contributed by atoms with Crippen LogP contribution in [-0.2, 0) is 16.0 Å². The Hall–Kier alpha value is -0.980. The van der Waals surface area contributed by atoms with Crippen molar-refractivity contribution < 1.29 is 9.47 Å². The fourth-order valence-electron chi connectivity index (χ4n) is 1.71. The summed E-state index contributed by atoms with van der Waals surface area (Å²) >= 11 is 0. The van der Waals surface area contributed by atoms with E-state index < -0.39 is 5.79 Å². The molecule has 0 saturated carbocycles. The van der Waals surface area contributed by atoms with Crippen molar-refractivity contribution in [3.63, 3.8) is 0 Å². The van der Waals surface area contributed by atoms with Crippen LogP contribution < -0.4 is 0 Å². The molecule has 6 heteroatoms. The summed E-state index contributed by atoms with van der Waals surface area (Å²) in [5, 5.41) is 8.22. The van der Waals surface area contributed by atoms with E-state index in [1.807, 2.05) is 38.8 Å². The standard InChI is InChI=1S/C11H20N4O2/c1-11(2)16-8-10(17-11)9-7-15(13-12-9)6-5-14(3)4/h7,10H,5-6,8H2,1-4H3. The first kappa shape index (κ1) is 12.5. The van der Waals surface area contributed by atoms with E-state index in [4.69, 9.17) is 9.47 Å². The SMILES string of the molecule is CN(C)CCn1cc(C2COC(C)(C)O2)nn1. The van der Waals surface area contributed by atoms with Crippen LogP contribution >= 0.6 is 0 Å². The molecule has 17 heavy (non-hydrogen) atoms. The average molecular weight is 240 g/mol. The second-order valence-electron chi connectivity index (χ2n) is 5.03. The smallest absolute Gasteiger partial charge is 0.163 e.